The van der Waals surface area contributed by atoms with Crippen LogP contribution in [0.25, 0.3) is 11.0 Å². The number of fused-ring (bicyclic) bond motifs is 1. The summed E-state index contributed by atoms with van der Waals surface area (Å²) < 4.78 is 12.5. The average Bonchev–Trinajstić information content (AvgIpc) is 2.54. The zero-order valence-corrected chi connectivity index (χ0v) is 12.0. The number of rotatable bonds is 3. The van der Waals surface area contributed by atoms with Crippen molar-refractivity contribution in [2.24, 2.45) is 0 Å². The van der Waals surface area contributed by atoms with Crippen LogP contribution in [0.1, 0.15) is 12.8 Å². The van der Waals surface area contributed by atoms with Crippen LogP contribution < -0.4 is 5.32 Å². The summed E-state index contributed by atoms with van der Waals surface area (Å²) in [6.45, 7) is 1.67. The highest BCUT2D eigenvalue weighted by Gasteiger charge is 2.22. The molecule has 7 nitrogen and oxygen atoms in total. The highest BCUT2D eigenvalue weighted by molar-refractivity contribution is 7.85. The summed E-state index contributed by atoms with van der Waals surface area (Å²) in [4.78, 5) is 18.8. The number of nitrogens with one attached hydrogen (secondary N) is 1. The van der Waals surface area contributed by atoms with E-state index >= 15 is 0 Å². The Bertz CT molecular complexity index is 716. The molecule has 2 heterocycles. The van der Waals surface area contributed by atoms with Crippen molar-refractivity contribution in [2.75, 3.05) is 13.1 Å². The third-order valence-electron chi connectivity index (χ3n) is 3.48. The van der Waals surface area contributed by atoms with Crippen LogP contribution in [0.2, 0.25) is 0 Å². The maximum atomic E-state index is 12.5. The molecule has 0 unspecified atom stereocenters. The van der Waals surface area contributed by atoms with Crippen LogP contribution in [0.3, 0.4) is 0 Å². The fourth-order valence-corrected chi connectivity index (χ4v) is 3.70. The van der Waals surface area contributed by atoms with Crippen molar-refractivity contribution < 1.29 is 9.13 Å². The molecule has 1 aromatic heterocycles. The molecule has 1 saturated heterocycles. The quantitative estimate of drug-likeness (QED) is 0.680. The summed E-state index contributed by atoms with van der Waals surface area (Å²) in [5.74, 6) is 0. The lowest BCUT2D eigenvalue weighted by Gasteiger charge is -2.21. The highest BCUT2D eigenvalue weighted by atomic mass is 32.2. The van der Waals surface area contributed by atoms with Gasteiger partial charge in [0.2, 0.25) is 0 Å². The van der Waals surface area contributed by atoms with Crippen molar-refractivity contribution in [3.8, 4) is 0 Å². The molecule has 1 aromatic carbocycles. The van der Waals surface area contributed by atoms with E-state index in [9.17, 15) is 14.3 Å². The van der Waals surface area contributed by atoms with E-state index in [1.807, 2.05) is 0 Å². The summed E-state index contributed by atoms with van der Waals surface area (Å²) in [7, 11) is -1.21. The predicted octanol–water partition coefficient (Wildman–Crippen LogP) is 1.40. The molecule has 0 amide bonds. The molecule has 1 aliphatic rings. The molecule has 0 bridgehead atoms. The van der Waals surface area contributed by atoms with E-state index in [1.54, 1.807) is 6.07 Å². The van der Waals surface area contributed by atoms with Gasteiger partial charge in [0.25, 0.3) is 5.69 Å². The van der Waals surface area contributed by atoms with Gasteiger partial charge in [0.05, 0.1) is 38.2 Å². The van der Waals surface area contributed by atoms with Crippen molar-refractivity contribution in [2.45, 2.75) is 23.1 Å². The van der Waals surface area contributed by atoms with Crippen LogP contribution in [0.5, 0.6) is 0 Å². The number of nitro groups is 1. The van der Waals surface area contributed by atoms with E-state index in [1.165, 1.54) is 18.3 Å². The molecule has 8 heteroatoms. The first-order valence-electron chi connectivity index (χ1n) is 6.67. The second-order valence-electron chi connectivity index (χ2n) is 4.90. The molecule has 2 aromatic rings. The van der Waals surface area contributed by atoms with Gasteiger partial charge in [0.15, 0.2) is 0 Å². The van der Waals surface area contributed by atoms with E-state index in [0.29, 0.717) is 22.6 Å². The first-order chi connectivity index (χ1) is 10.1. The molecule has 0 spiro atoms. The fourth-order valence-electron chi connectivity index (χ4n) is 2.37. The summed E-state index contributed by atoms with van der Waals surface area (Å²) in [6.07, 6.45) is 3.36. The zero-order chi connectivity index (χ0) is 14.8. The number of nitro benzene ring substituents is 1. The Balaban J connectivity index is 1.91. The third-order valence-corrected chi connectivity index (χ3v) is 5.09. The predicted molar refractivity (Wildman–Crippen MR) is 78.5 cm³/mol. The number of nitrogens with zero attached hydrogens (tertiary/aromatic N) is 3. The maximum absolute atomic E-state index is 12.5. The highest BCUT2D eigenvalue weighted by Crippen LogP contribution is 2.20. The molecule has 1 fully saturated rings. The first-order valence-corrected chi connectivity index (χ1v) is 7.89. The summed E-state index contributed by atoms with van der Waals surface area (Å²) in [5.41, 5.74) is 0.934. The molecule has 0 radical (unpaired) electrons. The lowest BCUT2D eigenvalue weighted by molar-refractivity contribution is -0.384. The van der Waals surface area contributed by atoms with Crippen molar-refractivity contribution in [1.82, 2.24) is 15.3 Å². The lowest BCUT2D eigenvalue weighted by Crippen LogP contribution is -2.36. The van der Waals surface area contributed by atoms with Gasteiger partial charge in [-0.05, 0) is 25.5 Å². The Labute approximate surface area is 123 Å². The minimum absolute atomic E-state index is 0.0258. The fraction of sp³-hybridized carbons (Fsp3) is 0.385. The van der Waals surface area contributed by atoms with Gasteiger partial charge in [-0.25, -0.2) is 4.98 Å². The van der Waals surface area contributed by atoms with Gasteiger partial charge in [-0.15, -0.1) is 0 Å². The topological polar surface area (TPSA) is 98.0 Å². The summed E-state index contributed by atoms with van der Waals surface area (Å²) in [5, 5.41) is 14.4. The molecular weight excluding hydrogens is 292 g/mol. The summed E-state index contributed by atoms with van der Waals surface area (Å²) in [6, 6.07) is 4.30. The van der Waals surface area contributed by atoms with Crippen LogP contribution in [0.15, 0.2) is 29.4 Å². The van der Waals surface area contributed by atoms with Crippen LogP contribution in [0, 0.1) is 10.1 Å². The van der Waals surface area contributed by atoms with Gasteiger partial charge in [-0.2, -0.15) is 0 Å². The van der Waals surface area contributed by atoms with Crippen LogP contribution in [-0.2, 0) is 10.8 Å². The van der Waals surface area contributed by atoms with E-state index in [0.717, 1.165) is 19.4 Å². The second kappa shape index (κ2) is 5.82. The van der Waals surface area contributed by atoms with Crippen molar-refractivity contribution >= 4 is 27.5 Å². The standard InChI is InChI=1S/C13H14N4O3S/c18-17(19)9-3-4-11-12(6-9)15-8-13(16-11)21(20)10-2-1-5-14-7-10/h3-4,6,8,10,14H,1-2,5,7H2/t10-,21+/m1/s1. The van der Waals surface area contributed by atoms with Gasteiger partial charge < -0.3 is 5.32 Å². The van der Waals surface area contributed by atoms with E-state index in [-0.39, 0.29) is 10.9 Å². The van der Waals surface area contributed by atoms with Crippen molar-refractivity contribution in [1.29, 1.82) is 0 Å². The van der Waals surface area contributed by atoms with Gasteiger partial charge in [0.1, 0.15) is 5.03 Å². The molecule has 3 rings (SSSR count). The Kier molecular flexibility index (Phi) is 3.89. The minimum atomic E-state index is -1.21. The van der Waals surface area contributed by atoms with Crippen molar-refractivity contribution in [3.05, 3.63) is 34.5 Å². The third kappa shape index (κ3) is 2.91. The summed E-state index contributed by atoms with van der Waals surface area (Å²) >= 11 is 0. The van der Waals surface area contributed by atoms with Crippen LogP contribution >= 0.6 is 0 Å². The number of hydrogen-bond acceptors (Lipinski definition) is 6. The Morgan fingerprint density at radius 1 is 1.38 bits per heavy atom. The Morgan fingerprint density at radius 3 is 2.95 bits per heavy atom. The molecule has 2 atom stereocenters. The number of hydrogen-bond donors (Lipinski definition) is 1. The van der Waals surface area contributed by atoms with E-state index in [2.05, 4.69) is 15.3 Å². The second-order valence-corrected chi connectivity index (χ2v) is 6.58. The smallest absolute Gasteiger partial charge is 0.271 e. The molecule has 0 aliphatic carbocycles. The van der Waals surface area contributed by atoms with Crippen LogP contribution in [-0.4, -0.2) is 37.4 Å². The van der Waals surface area contributed by atoms with E-state index < -0.39 is 15.7 Å². The van der Waals surface area contributed by atoms with E-state index in [4.69, 9.17) is 0 Å². The Hall–Kier alpha value is -1.93. The normalized spacial score (nSPS) is 20.3. The first kappa shape index (κ1) is 14.0. The molecule has 0 saturated carbocycles. The molecule has 1 aliphatic heterocycles. The zero-order valence-electron chi connectivity index (χ0n) is 11.2. The lowest BCUT2D eigenvalue weighted by atomic mass is 10.2. The number of non-ortho nitro benzene ring substituents is 1. The van der Waals surface area contributed by atoms with Crippen LogP contribution in [0.4, 0.5) is 5.69 Å². The number of piperidine rings is 1. The molecule has 110 valence electrons. The van der Waals surface area contributed by atoms with Crippen molar-refractivity contribution in [3.63, 3.8) is 0 Å². The van der Waals surface area contributed by atoms with Gasteiger partial charge in [-0.1, -0.05) is 0 Å². The van der Waals surface area contributed by atoms with Gasteiger partial charge in [0, 0.05) is 18.7 Å². The number of benzene rings is 1. The molecule has 1 N–H and O–H groups in total. The largest absolute Gasteiger partial charge is 0.316 e. The monoisotopic (exact) mass is 306 g/mol. The Morgan fingerprint density at radius 2 is 2.24 bits per heavy atom. The average molecular weight is 306 g/mol. The molecular formula is C13H14N4O3S. The van der Waals surface area contributed by atoms with Gasteiger partial charge >= 0.3 is 0 Å². The molecule has 21 heavy (non-hydrogen) atoms. The van der Waals surface area contributed by atoms with Gasteiger partial charge in [-0.3, -0.25) is 19.3 Å². The SMILES string of the molecule is O=[N+]([O-])c1ccc2nc([S@@](=O)[C@@H]3CCCNC3)cnc2c1. The maximum Gasteiger partial charge on any atom is 0.271 e. The minimum Gasteiger partial charge on any atom is -0.316 e. The number of aromatic nitrogens is 2.